The zero-order valence-electron chi connectivity index (χ0n) is 10.1. The first-order valence-corrected chi connectivity index (χ1v) is 5.58. The quantitative estimate of drug-likeness (QED) is 0.657. The molecule has 0 fully saturated rings. The Kier molecular flexibility index (Phi) is 3.56. The first kappa shape index (κ1) is 13.4. The molecule has 0 aromatic heterocycles. The molecule has 0 saturated heterocycles. The van der Waals surface area contributed by atoms with E-state index < -0.39 is 11.8 Å². The molecule has 2 N–H and O–H groups in total. The minimum absolute atomic E-state index is 0.00235. The summed E-state index contributed by atoms with van der Waals surface area (Å²) in [5, 5.41) is 21.0. The van der Waals surface area contributed by atoms with Crippen molar-refractivity contribution in [3.63, 3.8) is 0 Å². The molecule has 100 valence electrons. The normalized spacial score (nSPS) is 10.0. The molecule has 2 aromatic carbocycles. The van der Waals surface area contributed by atoms with Crippen molar-refractivity contribution < 1.29 is 19.8 Å². The summed E-state index contributed by atoms with van der Waals surface area (Å²) in [6.07, 6.45) is 0. The number of carbonyl (C=O) groups excluding carboxylic acids is 1. The fourth-order valence-corrected chi connectivity index (χ4v) is 1.76. The van der Waals surface area contributed by atoms with Gasteiger partial charge in [-0.25, -0.2) is 4.79 Å². The molecule has 0 atom stereocenters. The Bertz CT molecular complexity index is 708. The monoisotopic (exact) mass is 271 g/mol. The van der Waals surface area contributed by atoms with Crippen LogP contribution in [0.15, 0.2) is 47.6 Å². The van der Waals surface area contributed by atoms with Gasteiger partial charge in [0.1, 0.15) is 11.4 Å². The van der Waals surface area contributed by atoms with Crippen molar-refractivity contribution in [1.82, 2.24) is 0 Å². The van der Waals surface area contributed by atoms with Crippen molar-refractivity contribution >= 4 is 17.4 Å². The molecule has 2 rings (SSSR count). The van der Waals surface area contributed by atoms with E-state index in [9.17, 15) is 19.6 Å². The number of benzene rings is 2. The Morgan fingerprint density at radius 3 is 2.25 bits per heavy atom. The molecule has 0 heterocycles. The van der Waals surface area contributed by atoms with Crippen molar-refractivity contribution in [1.29, 1.82) is 0 Å². The van der Waals surface area contributed by atoms with E-state index >= 15 is 0 Å². The third-order valence-electron chi connectivity index (χ3n) is 2.74. The predicted octanol–water partition coefficient (Wildman–Crippen LogP) is 2.72. The van der Waals surface area contributed by atoms with Gasteiger partial charge in [-0.05, 0) is 29.4 Å². The lowest BCUT2D eigenvalue weighted by Gasteiger charge is -2.06. The Hall–Kier alpha value is -3.02. The third-order valence-corrected chi connectivity index (χ3v) is 2.74. The van der Waals surface area contributed by atoms with Gasteiger partial charge in [0, 0.05) is 11.1 Å². The zero-order chi connectivity index (χ0) is 14.7. The molecule has 0 aliphatic carbocycles. The van der Waals surface area contributed by atoms with Crippen LogP contribution in [0.25, 0.3) is 0 Å². The van der Waals surface area contributed by atoms with E-state index in [4.69, 9.17) is 5.11 Å². The van der Waals surface area contributed by atoms with Gasteiger partial charge in [0.25, 0.3) is 0 Å². The second-order valence-electron chi connectivity index (χ2n) is 3.97. The highest BCUT2D eigenvalue weighted by atomic mass is 16.4. The van der Waals surface area contributed by atoms with Crippen molar-refractivity contribution in [2.45, 2.75) is 0 Å². The highest BCUT2D eigenvalue weighted by Gasteiger charge is 2.18. The third kappa shape index (κ3) is 2.39. The molecule has 6 nitrogen and oxygen atoms in total. The van der Waals surface area contributed by atoms with Crippen molar-refractivity contribution in [2.75, 3.05) is 0 Å². The molecule has 20 heavy (non-hydrogen) atoms. The van der Waals surface area contributed by atoms with E-state index in [0.717, 1.165) is 12.1 Å². The largest absolute Gasteiger partial charge is 0.506 e. The molecule has 0 bridgehead atoms. The Balaban J connectivity index is 2.52. The number of hydrogen-bond donors (Lipinski definition) is 2. The number of rotatable bonds is 4. The van der Waals surface area contributed by atoms with Gasteiger partial charge in [-0.2, -0.15) is 0 Å². The lowest BCUT2D eigenvalue weighted by atomic mass is 9.98. The van der Waals surface area contributed by atoms with Gasteiger partial charge < -0.3 is 10.2 Å². The fourth-order valence-electron chi connectivity index (χ4n) is 1.76. The van der Waals surface area contributed by atoms with Crippen LogP contribution in [0.4, 0.5) is 5.69 Å². The number of nitroso groups, excluding NO2 is 1. The fraction of sp³-hybridized carbons (Fsp3) is 0. The average molecular weight is 271 g/mol. The van der Waals surface area contributed by atoms with E-state index in [1.54, 1.807) is 6.07 Å². The van der Waals surface area contributed by atoms with Crippen LogP contribution in [-0.2, 0) is 0 Å². The van der Waals surface area contributed by atoms with Gasteiger partial charge in [0.2, 0.25) is 0 Å². The molecule has 2 aromatic rings. The molecule has 0 aliphatic heterocycles. The standard InChI is InChI=1S/C14H9NO5/c16-12-6-5-8(7-11(12)15-20)13(17)9-3-1-2-4-10(9)14(18)19/h1-7,16H,(H,18,19). The number of aromatic carboxylic acids is 1. The van der Waals surface area contributed by atoms with E-state index in [1.165, 1.54) is 24.3 Å². The highest BCUT2D eigenvalue weighted by molar-refractivity contribution is 6.14. The van der Waals surface area contributed by atoms with Crippen LogP contribution in [0.3, 0.4) is 0 Å². The molecular weight excluding hydrogens is 262 g/mol. The average Bonchev–Trinajstić information content (AvgIpc) is 2.47. The van der Waals surface area contributed by atoms with Gasteiger partial charge in [0.15, 0.2) is 5.78 Å². The second-order valence-corrected chi connectivity index (χ2v) is 3.97. The van der Waals surface area contributed by atoms with Crippen molar-refractivity contribution in [3.05, 3.63) is 64.1 Å². The van der Waals surface area contributed by atoms with Crippen LogP contribution in [0.2, 0.25) is 0 Å². The number of carboxylic acids is 1. The highest BCUT2D eigenvalue weighted by Crippen LogP contribution is 2.28. The van der Waals surface area contributed by atoms with Gasteiger partial charge in [0.05, 0.1) is 5.56 Å². The molecule has 6 heteroatoms. The number of ketones is 1. The maximum Gasteiger partial charge on any atom is 0.336 e. The van der Waals surface area contributed by atoms with Gasteiger partial charge in [-0.3, -0.25) is 4.79 Å². The van der Waals surface area contributed by atoms with Gasteiger partial charge >= 0.3 is 5.97 Å². The summed E-state index contributed by atoms with van der Waals surface area (Å²) < 4.78 is 0. The summed E-state index contributed by atoms with van der Waals surface area (Å²) >= 11 is 0. The maximum absolute atomic E-state index is 12.3. The predicted molar refractivity (Wildman–Crippen MR) is 70.4 cm³/mol. The number of nitrogens with zero attached hydrogens (tertiary/aromatic N) is 1. The molecule has 0 aliphatic rings. The lowest BCUT2D eigenvalue weighted by Crippen LogP contribution is -2.09. The number of carboxylic acid groups (broad SMARTS) is 1. The number of phenols is 1. The van der Waals surface area contributed by atoms with Crippen LogP contribution >= 0.6 is 0 Å². The van der Waals surface area contributed by atoms with Crippen molar-refractivity contribution in [2.24, 2.45) is 5.18 Å². The molecule has 0 radical (unpaired) electrons. The number of aromatic hydroxyl groups is 1. The van der Waals surface area contributed by atoms with Crippen LogP contribution in [-0.4, -0.2) is 22.0 Å². The van der Waals surface area contributed by atoms with Crippen LogP contribution < -0.4 is 0 Å². The summed E-state index contributed by atoms with van der Waals surface area (Å²) in [7, 11) is 0. The molecule has 0 spiro atoms. The topological polar surface area (TPSA) is 104 Å². The Morgan fingerprint density at radius 1 is 1.00 bits per heavy atom. The number of phenolic OH excluding ortho intramolecular Hbond substituents is 1. The minimum Gasteiger partial charge on any atom is -0.506 e. The first-order chi connectivity index (χ1) is 9.54. The Labute approximate surface area is 113 Å². The number of carbonyl (C=O) groups is 2. The summed E-state index contributed by atoms with van der Waals surface area (Å²) in [5.41, 5.74) is -0.330. The smallest absolute Gasteiger partial charge is 0.336 e. The molecule has 0 saturated carbocycles. The van der Waals surface area contributed by atoms with Crippen LogP contribution in [0.1, 0.15) is 26.3 Å². The SMILES string of the molecule is O=Nc1cc(C(=O)c2ccccc2C(=O)O)ccc1O. The summed E-state index contributed by atoms with van der Waals surface area (Å²) in [4.78, 5) is 33.8. The van der Waals surface area contributed by atoms with E-state index in [1.807, 2.05) is 0 Å². The summed E-state index contributed by atoms with van der Waals surface area (Å²) in [6, 6.07) is 9.32. The van der Waals surface area contributed by atoms with Gasteiger partial charge in [-0.1, -0.05) is 18.2 Å². The molecule has 0 amide bonds. The maximum atomic E-state index is 12.3. The zero-order valence-corrected chi connectivity index (χ0v) is 10.1. The molecular formula is C14H9NO5. The first-order valence-electron chi connectivity index (χ1n) is 5.58. The number of hydrogen-bond acceptors (Lipinski definition) is 5. The minimum atomic E-state index is -1.22. The summed E-state index contributed by atoms with van der Waals surface area (Å²) in [6.45, 7) is 0. The van der Waals surface area contributed by atoms with E-state index in [-0.39, 0.29) is 28.1 Å². The van der Waals surface area contributed by atoms with Crippen LogP contribution in [0, 0.1) is 4.91 Å². The van der Waals surface area contributed by atoms with E-state index in [0.29, 0.717) is 0 Å². The van der Waals surface area contributed by atoms with Gasteiger partial charge in [-0.15, -0.1) is 4.91 Å². The van der Waals surface area contributed by atoms with Crippen molar-refractivity contribution in [3.8, 4) is 5.75 Å². The second kappa shape index (κ2) is 5.31. The van der Waals surface area contributed by atoms with Crippen LogP contribution in [0.5, 0.6) is 5.75 Å². The van der Waals surface area contributed by atoms with E-state index in [2.05, 4.69) is 5.18 Å². The Morgan fingerprint density at radius 2 is 1.65 bits per heavy atom. The summed E-state index contributed by atoms with van der Waals surface area (Å²) in [5.74, 6) is -2.13. The molecule has 0 unspecified atom stereocenters. The lowest BCUT2D eigenvalue weighted by molar-refractivity contribution is 0.0693.